The average molecular weight is 277 g/mol. The van der Waals surface area contributed by atoms with Crippen LogP contribution in [0.4, 0.5) is 5.95 Å². The van der Waals surface area contributed by atoms with E-state index in [2.05, 4.69) is 45.0 Å². The van der Waals surface area contributed by atoms with Crippen molar-refractivity contribution in [3.05, 3.63) is 59.7 Å². The number of nitrogens with one attached hydrogen (secondary N) is 1. The minimum Gasteiger partial charge on any atom is -0.370 e. The number of imidazole rings is 1. The van der Waals surface area contributed by atoms with E-state index in [0.717, 1.165) is 22.5 Å². The summed E-state index contributed by atoms with van der Waals surface area (Å²) in [4.78, 5) is 9.18. The highest BCUT2D eigenvalue weighted by Gasteiger charge is 2.25. The SMILES string of the molecule is Cc1ccccc1[C@H]1N=C(N)Nc2nc3ccccc3n21. The molecule has 0 amide bonds. The van der Waals surface area contributed by atoms with Gasteiger partial charge in [0, 0.05) is 0 Å². The summed E-state index contributed by atoms with van der Waals surface area (Å²) in [5, 5.41) is 3.05. The van der Waals surface area contributed by atoms with Crippen molar-refractivity contribution in [1.29, 1.82) is 0 Å². The first kappa shape index (κ1) is 12.0. The van der Waals surface area contributed by atoms with Crippen molar-refractivity contribution in [1.82, 2.24) is 9.55 Å². The van der Waals surface area contributed by atoms with Crippen molar-refractivity contribution in [3.63, 3.8) is 0 Å². The monoisotopic (exact) mass is 277 g/mol. The molecule has 0 aliphatic carbocycles. The van der Waals surface area contributed by atoms with E-state index >= 15 is 0 Å². The van der Waals surface area contributed by atoms with Crippen LogP contribution < -0.4 is 11.1 Å². The molecule has 0 spiro atoms. The summed E-state index contributed by atoms with van der Waals surface area (Å²) >= 11 is 0. The van der Waals surface area contributed by atoms with Gasteiger partial charge in [-0.2, -0.15) is 0 Å². The molecule has 0 saturated heterocycles. The van der Waals surface area contributed by atoms with Gasteiger partial charge in [0.25, 0.3) is 0 Å². The maximum absolute atomic E-state index is 5.93. The van der Waals surface area contributed by atoms with Crippen LogP contribution in [-0.2, 0) is 0 Å². The van der Waals surface area contributed by atoms with E-state index in [0.29, 0.717) is 5.96 Å². The zero-order valence-electron chi connectivity index (χ0n) is 11.6. The molecule has 104 valence electrons. The van der Waals surface area contributed by atoms with Crippen molar-refractivity contribution in [2.45, 2.75) is 13.1 Å². The highest BCUT2D eigenvalue weighted by atomic mass is 15.4. The van der Waals surface area contributed by atoms with Crippen LogP contribution in [0.5, 0.6) is 0 Å². The van der Waals surface area contributed by atoms with Gasteiger partial charge in [-0.25, -0.2) is 9.98 Å². The fourth-order valence-electron chi connectivity index (χ4n) is 2.80. The van der Waals surface area contributed by atoms with Crippen molar-refractivity contribution in [2.75, 3.05) is 5.32 Å². The molecule has 0 unspecified atom stereocenters. The number of fused-ring (bicyclic) bond motifs is 3. The molecule has 1 aliphatic rings. The van der Waals surface area contributed by atoms with E-state index < -0.39 is 0 Å². The van der Waals surface area contributed by atoms with E-state index in [1.165, 1.54) is 5.56 Å². The lowest BCUT2D eigenvalue weighted by molar-refractivity contribution is 0.622. The van der Waals surface area contributed by atoms with Crippen molar-refractivity contribution in [3.8, 4) is 0 Å². The average Bonchev–Trinajstić information content (AvgIpc) is 2.85. The molecular weight excluding hydrogens is 262 g/mol. The number of para-hydroxylation sites is 2. The number of rotatable bonds is 1. The predicted octanol–water partition coefficient (Wildman–Crippen LogP) is 2.63. The maximum Gasteiger partial charge on any atom is 0.212 e. The predicted molar refractivity (Wildman–Crippen MR) is 84.3 cm³/mol. The molecule has 5 nitrogen and oxygen atoms in total. The van der Waals surface area contributed by atoms with Gasteiger partial charge in [0.15, 0.2) is 12.1 Å². The third kappa shape index (κ3) is 1.78. The van der Waals surface area contributed by atoms with E-state index in [1.54, 1.807) is 0 Å². The molecule has 0 radical (unpaired) electrons. The molecule has 1 aromatic heterocycles. The van der Waals surface area contributed by atoms with Gasteiger partial charge in [0.05, 0.1) is 11.0 Å². The number of aliphatic imine (C=N–C) groups is 1. The van der Waals surface area contributed by atoms with Gasteiger partial charge in [0.1, 0.15) is 0 Å². The van der Waals surface area contributed by atoms with Crippen molar-refractivity contribution < 1.29 is 0 Å². The molecule has 2 aromatic carbocycles. The second-order valence-electron chi connectivity index (χ2n) is 5.16. The molecular formula is C16H15N5. The molecule has 21 heavy (non-hydrogen) atoms. The minimum absolute atomic E-state index is 0.185. The van der Waals surface area contributed by atoms with E-state index in [-0.39, 0.29) is 6.17 Å². The zero-order valence-corrected chi connectivity index (χ0v) is 11.6. The number of anilines is 1. The van der Waals surface area contributed by atoms with Gasteiger partial charge >= 0.3 is 0 Å². The summed E-state index contributed by atoms with van der Waals surface area (Å²) in [5.74, 6) is 1.13. The Balaban J connectivity index is 2.00. The number of nitrogens with zero attached hydrogens (tertiary/aromatic N) is 3. The summed E-state index contributed by atoms with van der Waals surface area (Å²) in [5.41, 5.74) is 10.2. The minimum atomic E-state index is -0.185. The summed E-state index contributed by atoms with van der Waals surface area (Å²) in [7, 11) is 0. The number of nitrogens with two attached hydrogens (primary N) is 1. The Morgan fingerprint density at radius 2 is 1.86 bits per heavy atom. The van der Waals surface area contributed by atoms with Gasteiger partial charge in [-0.05, 0) is 30.2 Å². The number of hydrogen-bond acceptors (Lipinski definition) is 4. The van der Waals surface area contributed by atoms with E-state index in [1.807, 2.05) is 30.3 Å². The van der Waals surface area contributed by atoms with Gasteiger partial charge in [-0.15, -0.1) is 0 Å². The molecule has 2 heterocycles. The maximum atomic E-state index is 5.93. The van der Waals surface area contributed by atoms with E-state index in [4.69, 9.17) is 5.73 Å². The number of guanidine groups is 1. The van der Waals surface area contributed by atoms with Gasteiger partial charge in [-0.1, -0.05) is 36.4 Å². The Labute approximate surface area is 122 Å². The first-order valence-electron chi connectivity index (χ1n) is 6.87. The molecule has 0 bridgehead atoms. The third-order valence-electron chi connectivity index (χ3n) is 3.81. The largest absolute Gasteiger partial charge is 0.370 e. The summed E-state index contributed by atoms with van der Waals surface area (Å²) in [6, 6.07) is 16.3. The Bertz CT molecular complexity index is 862. The van der Waals surface area contributed by atoms with Crippen LogP contribution >= 0.6 is 0 Å². The van der Waals surface area contributed by atoms with Crippen LogP contribution in [0.15, 0.2) is 53.5 Å². The van der Waals surface area contributed by atoms with Gasteiger partial charge in [-0.3, -0.25) is 9.88 Å². The van der Waals surface area contributed by atoms with Crippen LogP contribution in [0.1, 0.15) is 17.3 Å². The topological polar surface area (TPSA) is 68.2 Å². The Morgan fingerprint density at radius 3 is 2.71 bits per heavy atom. The van der Waals surface area contributed by atoms with Crippen molar-refractivity contribution >= 4 is 22.9 Å². The summed E-state index contributed by atoms with van der Waals surface area (Å²) in [6.45, 7) is 2.09. The number of aromatic nitrogens is 2. The zero-order chi connectivity index (χ0) is 14.4. The molecule has 0 saturated carbocycles. The number of aryl methyl sites for hydroxylation is 1. The van der Waals surface area contributed by atoms with Crippen LogP contribution in [0, 0.1) is 6.92 Å². The Morgan fingerprint density at radius 1 is 1.10 bits per heavy atom. The molecule has 4 rings (SSSR count). The smallest absolute Gasteiger partial charge is 0.212 e. The lowest BCUT2D eigenvalue weighted by atomic mass is 10.1. The summed E-state index contributed by atoms with van der Waals surface area (Å²) < 4.78 is 2.09. The van der Waals surface area contributed by atoms with E-state index in [9.17, 15) is 0 Å². The fraction of sp³-hybridized carbons (Fsp3) is 0.125. The summed E-state index contributed by atoms with van der Waals surface area (Å²) in [6.07, 6.45) is -0.185. The molecule has 1 atom stereocenters. The second kappa shape index (κ2) is 4.34. The molecule has 5 heteroatoms. The highest BCUT2D eigenvalue weighted by molar-refractivity contribution is 5.94. The van der Waals surface area contributed by atoms with Crippen LogP contribution in [0.3, 0.4) is 0 Å². The standard InChI is InChI=1S/C16H15N5/c1-10-6-2-3-7-11(10)14-19-15(17)20-16-18-12-8-4-5-9-13(12)21(14)16/h2-9,14H,1H3,(H3,17,18,19,20)/t14-/m0/s1. The molecule has 0 fully saturated rings. The molecule has 1 aliphatic heterocycles. The Kier molecular flexibility index (Phi) is 2.47. The lowest BCUT2D eigenvalue weighted by Gasteiger charge is -2.24. The third-order valence-corrected chi connectivity index (χ3v) is 3.81. The first-order valence-corrected chi connectivity index (χ1v) is 6.87. The number of hydrogen-bond donors (Lipinski definition) is 2. The Hall–Kier alpha value is -2.82. The number of benzene rings is 2. The highest BCUT2D eigenvalue weighted by Crippen LogP contribution is 2.33. The fourth-order valence-corrected chi connectivity index (χ4v) is 2.80. The van der Waals surface area contributed by atoms with Crippen LogP contribution in [-0.4, -0.2) is 15.5 Å². The lowest BCUT2D eigenvalue weighted by Crippen LogP contribution is -2.31. The molecule has 3 aromatic rings. The molecule has 3 N–H and O–H groups in total. The normalized spacial score (nSPS) is 17.2. The van der Waals surface area contributed by atoms with Crippen LogP contribution in [0.25, 0.3) is 11.0 Å². The quantitative estimate of drug-likeness (QED) is 0.718. The van der Waals surface area contributed by atoms with Gasteiger partial charge in [0.2, 0.25) is 5.95 Å². The van der Waals surface area contributed by atoms with Crippen LogP contribution in [0.2, 0.25) is 0 Å². The van der Waals surface area contributed by atoms with Gasteiger partial charge < -0.3 is 5.73 Å². The van der Waals surface area contributed by atoms with Crippen molar-refractivity contribution in [2.24, 2.45) is 10.7 Å². The first-order chi connectivity index (χ1) is 10.2. The second-order valence-corrected chi connectivity index (χ2v) is 5.16.